The maximum absolute atomic E-state index is 3.22. The van der Waals surface area contributed by atoms with Gasteiger partial charge >= 0.3 is 0 Å². The second-order valence-electron chi connectivity index (χ2n) is 2.75. The monoisotopic (exact) mass is 136 g/mol. The predicted molar refractivity (Wildman–Crippen MR) is 41.4 cm³/mol. The average molecular weight is 136 g/mol. The highest BCUT2D eigenvalue weighted by Gasteiger charge is 2.15. The van der Waals surface area contributed by atoms with Gasteiger partial charge in [-0.3, -0.25) is 5.43 Å². The number of hydrogen-bond acceptors (Lipinski definition) is 2. The fourth-order valence-electron chi connectivity index (χ4n) is 1.48. The quantitative estimate of drug-likeness (QED) is 0.480. The molecule has 0 spiro atoms. The van der Waals surface area contributed by atoms with Crippen molar-refractivity contribution in [2.24, 2.45) is 0 Å². The van der Waals surface area contributed by atoms with Gasteiger partial charge in [-0.25, -0.2) is 5.43 Å². The standard InChI is InChI=1S/C8H12N2/c1-2-4-8-7(3-1)5-6-9-10-8/h2,4-5,8-10H,1,3,6H2. The number of hydrazine groups is 1. The molecule has 2 N–H and O–H groups in total. The van der Waals surface area contributed by atoms with E-state index in [1.807, 2.05) is 0 Å². The van der Waals surface area contributed by atoms with E-state index in [4.69, 9.17) is 0 Å². The molecule has 1 unspecified atom stereocenters. The summed E-state index contributed by atoms with van der Waals surface area (Å²) in [5.74, 6) is 0. The van der Waals surface area contributed by atoms with Gasteiger partial charge in [0.05, 0.1) is 6.04 Å². The summed E-state index contributed by atoms with van der Waals surface area (Å²) in [6.45, 7) is 0.972. The van der Waals surface area contributed by atoms with Crippen LogP contribution in [0.2, 0.25) is 0 Å². The third kappa shape index (κ3) is 1.00. The largest absolute Gasteiger partial charge is 0.253 e. The summed E-state index contributed by atoms with van der Waals surface area (Å²) in [6, 6.07) is 0.475. The van der Waals surface area contributed by atoms with E-state index < -0.39 is 0 Å². The Balaban J connectivity index is 2.20. The molecule has 54 valence electrons. The molecule has 10 heavy (non-hydrogen) atoms. The molecule has 2 heteroatoms. The van der Waals surface area contributed by atoms with E-state index in [2.05, 4.69) is 29.1 Å². The molecule has 1 atom stereocenters. The SMILES string of the molecule is C1=CC2NNCC=C2CC1. The van der Waals surface area contributed by atoms with Gasteiger partial charge in [-0.1, -0.05) is 23.8 Å². The van der Waals surface area contributed by atoms with Crippen LogP contribution >= 0.6 is 0 Å². The van der Waals surface area contributed by atoms with E-state index in [1.165, 1.54) is 12.8 Å². The first-order valence-electron chi connectivity index (χ1n) is 3.81. The van der Waals surface area contributed by atoms with Crippen LogP contribution in [0.15, 0.2) is 23.8 Å². The molecule has 2 aliphatic rings. The van der Waals surface area contributed by atoms with Gasteiger partial charge < -0.3 is 0 Å². The first-order chi connectivity index (χ1) is 4.97. The Bertz CT molecular complexity index is 182. The van der Waals surface area contributed by atoms with Gasteiger partial charge in [0, 0.05) is 6.54 Å². The summed E-state index contributed by atoms with van der Waals surface area (Å²) in [7, 11) is 0. The molecule has 0 saturated heterocycles. The summed E-state index contributed by atoms with van der Waals surface area (Å²) in [6.07, 6.45) is 9.19. The first kappa shape index (κ1) is 6.13. The molecule has 1 heterocycles. The fraction of sp³-hybridized carbons (Fsp3) is 0.500. The fourth-order valence-corrected chi connectivity index (χ4v) is 1.48. The molecule has 1 aliphatic carbocycles. The number of allylic oxidation sites excluding steroid dienone is 1. The van der Waals surface area contributed by atoms with Gasteiger partial charge in [0.15, 0.2) is 0 Å². The summed E-state index contributed by atoms with van der Waals surface area (Å²) < 4.78 is 0. The topological polar surface area (TPSA) is 24.1 Å². The van der Waals surface area contributed by atoms with Crippen molar-refractivity contribution in [3.05, 3.63) is 23.8 Å². The number of fused-ring (bicyclic) bond motifs is 1. The molecule has 2 rings (SSSR count). The minimum Gasteiger partial charge on any atom is -0.253 e. The van der Waals surface area contributed by atoms with Crippen LogP contribution in [0.1, 0.15) is 12.8 Å². The molecule has 0 bridgehead atoms. The Labute approximate surface area is 61.0 Å². The Morgan fingerprint density at radius 2 is 2.50 bits per heavy atom. The highest BCUT2D eigenvalue weighted by Crippen LogP contribution is 2.18. The van der Waals surface area contributed by atoms with Gasteiger partial charge in [-0.2, -0.15) is 0 Å². The normalized spacial score (nSPS) is 31.2. The number of rotatable bonds is 0. The molecule has 1 aliphatic heterocycles. The maximum atomic E-state index is 3.22. The molecule has 2 nitrogen and oxygen atoms in total. The Hall–Kier alpha value is -0.600. The third-order valence-corrected chi connectivity index (χ3v) is 2.05. The lowest BCUT2D eigenvalue weighted by atomic mass is 9.95. The third-order valence-electron chi connectivity index (χ3n) is 2.05. The summed E-state index contributed by atoms with van der Waals surface area (Å²) in [5.41, 5.74) is 7.87. The molecular weight excluding hydrogens is 124 g/mol. The molecule has 0 amide bonds. The first-order valence-corrected chi connectivity index (χ1v) is 3.81. The van der Waals surface area contributed by atoms with Gasteiger partial charge in [0.2, 0.25) is 0 Å². The van der Waals surface area contributed by atoms with Crippen molar-refractivity contribution in [2.45, 2.75) is 18.9 Å². The van der Waals surface area contributed by atoms with Crippen molar-refractivity contribution in [1.82, 2.24) is 10.9 Å². The lowest BCUT2D eigenvalue weighted by Crippen LogP contribution is -2.45. The Morgan fingerprint density at radius 3 is 3.40 bits per heavy atom. The van der Waals surface area contributed by atoms with Crippen molar-refractivity contribution in [3.63, 3.8) is 0 Å². The molecule has 0 aromatic heterocycles. The molecule has 0 aromatic carbocycles. The summed E-state index contributed by atoms with van der Waals surface area (Å²) >= 11 is 0. The molecule has 0 radical (unpaired) electrons. The minimum atomic E-state index is 0.475. The van der Waals surface area contributed by atoms with Crippen molar-refractivity contribution in [3.8, 4) is 0 Å². The van der Waals surface area contributed by atoms with Crippen LogP contribution in [0, 0.1) is 0 Å². The van der Waals surface area contributed by atoms with Crippen molar-refractivity contribution >= 4 is 0 Å². The lowest BCUT2D eigenvalue weighted by molar-refractivity contribution is 0.497. The van der Waals surface area contributed by atoms with Crippen LogP contribution in [0.25, 0.3) is 0 Å². The highest BCUT2D eigenvalue weighted by molar-refractivity contribution is 5.24. The molecule has 0 saturated carbocycles. The van der Waals surface area contributed by atoms with Crippen LogP contribution < -0.4 is 10.9 Å². The minimum absolute atomic E-state index is 0.475. The second kappa shape index (κ2) is 2.56. The smallest absolute Gasteiger partial charge is 0.0603 e. The molecule has 0 fully saturated rings. The van der Waals surface area contributed by atoms with E-state index in [1.54, 1.807) is 5.57 Å². The average Bonchev–Trinajstić information content (AvgIpc) is 2.05. The van der Waals surface area contributed by atoms with Crippen LogP contribution in [-0.2, 0) is 0 Å². The van der Waals surface area contributed by atoms with E-state index in [9.17, 15) is 0 Å². The van der Waals surface area contributed by atoms with Crippen molar-refractivity contribution in [2.75, 3.05) is 6.54 Å². The summed E-state index contributed by atoms with van der Waals surface area (Å²) in [4.78, 5) is 0. The van der Waals surface area contributed by atoms with Gasteiger partial charge in [-0.05, 0) is 12.8 Å². The van der Waals surface area contributed by atoms with E-state index in [-0.39, 0.29) is 0 Å². The second-order valence-corrected chi connectivity index (χ2v) is 2.75. The molecular formula is C8H12N2. The van der Waals surface area contributed by atoms with Crippen molar-refractivity contribution in [1.29, 1.82) is 0 Å². The number of hydrogen-bond donors (Lipinski definition) is 2. The zero-order chi connectivity index (χ0) is 6.81. The Morgan fingerprint density at radius 1 is 1.50 bits per heavy atom. The lowest BCUT2D eigenvalue weighted by Gasteiger charge is -2.26. The molecule has 0 aromatic rings. The Kier molecular flexibility index (Phi) is 1.57. The van der Waals surface area contributed by atoms with Crippen molar-refractivity contribution < 1.29 is 0 Å². The summed E-state index contributed by atoms with van der Waals surface area (Å²) in [5, 5.41) is 0. The zero-order valence-corrected chi connectivity index (χ0v) is 5.93. The van der Waals surface area contributed by atoms with Gasteiger partial charge in [-0.15, -0.1) is 0 Å². The zero-order valence-electron chi connectivity index (χ0n) is 5.93. The highest BCUT2D eigenvalue weighted by atomic mass is 15.4. The van der Waals surface area contributed by atoms with E-state index in [0.29, 0.717) is 6.04 Å². The van der Waals surface area contributed by atoms with Crippen LogP contribution in [0.4, 0.5) is 0 Å². The van der Waals surface area contributed by atoms with E-state index >= 15 is 0 Å². The predicted octanol–water partition coefficient (Wildman–Crippen LogP) is 0.739. The van der Waals surface area contributed by atoms with E-state index in [0.717, 1.165) is 6.54 Å². The van der Waals surface area contributed by atoms with Gasteiger partial charge in [0.1, 0.15) is 0 Å². The van der Waals surface area contributed by atoms with Crippen LogP contribution in [0.3, 0.4) is 0 Å². The maximum Gasteiger partial charge on any atom is 0.0603 e. The van der Waals surface area contributed by atoms with Crippen LogP contribution in [-0.4, -0.2) is 12.6 Å². The van der Waals surface area contributed by atoms with Gasteiger partial charge in [0.25, 0.3) is 0 Å². The number of nitrogens with one attached hydrogen (secondary N) is 2. The van der Waals surface area contributed by atoms with Crippen LogP contribution in [0.5, 0.6) is 0 Å².